The van der Waals surface area contributed by atoms with Crippen LogP contribution >= 0.6 is 0 Å². The molecule has 1 aliphatic heterocycles. The lowest BCUT2D eigenvalue weighted by Crippen LogP contribution is -2.47. The van der Waals surface area contributed by atoms with E-state index < -0.39 is 0 Å². The number of morpholine rings is 1. The van der Waals surface area contributed by atoms with E-state index in [-0.39, 0.29) is 12.6 Å². The Labute approximate surface area is 189 Å². The molecule has 4 heterocycles. The van der Waals surface area contributed by atoms with E-state index in [0.717, 1.165) is 45.7 Å². The summed E-state index contributed by atoms with van der Waals surface area (Å²) in [6, 6.07) is 14.2. The van der Waals surface area contributed by atoms with Crippen LogP contribution < -0.4 is 10.2 Å². The van der Waals surface area contributed by atoms with Crippen molar-refractivity contribution in [3.8, 4) is 11.3 Å². The van der Waals surface area contributed by atoms with Crippen molar-refractivity contribution >= 4 is 33.7 Å². The first-order valence-electron chi connectivity index (χ1n) is 10.9. The van der Waals surface area contributed by atoms with Gasteiger partial charge in [0.1, 0.15) is 0 Å². The van der Waals surface area contributed by atoms with Gasteiger partial charge in [-0.15, -0.1) is 0 Å². The maximum absolute atomic E-state index is 9.66. The van der Waals surface area contributed by atoms with Crippen LogP contribution in [-0.4, -0.2) is 62.1 Å². The van der Waals surface area contributed by atoms with Crippen LogP contribution in [0, 0.1) is 0 Å². The standard InChI is InChI=1S/C24H23N7O2/c32-14-20-15-33-10-9-31(20)19-5-3-18(4-6-19)27-23-24-25-7-8-30(24)13-22(28-23)16-1-2-17-12-26-29-21(17)11-16/h1-8,11-13,20,32H,9-10,14-15H2,(H,26,29)(H,27,28)/t20-/m1/s1. The minimum atomic E-state index is -0.0207. The summed E-state index contributed by atoms with van der Waals surface area (Å²) < 4.78 is 7.46. The smallest absolute Gasteiger partial charge is 0.180 e. The van der Waals surface area contributed by atoms with Crippen LogP contribution in [0.3, 0.4) is 0 Å². The average Bonchev–Trinajstić information content (AvgIpc) is 3.53. The molecule has 0 unspecified atom stereocenters. The SMILES string of the molecule is OC[C@@H]1COCCN1c1ccc(Nc2nc(-c3ccc4cn[nH]c4c3)cn3ccnc23)cc1. The molecule has 0 amide bonds. The highest BCUT2D eigenvalue weighted by Crippen LogP contribution is 2.28. The zero-order valence-corrected chi connectivity index (χ0v) is 17.8. The van der Waals surface area contributed by atoms with Crippen molar-refractivity contribution in [3.63, 3.8) is 0 Å². The fourth-order valence-corrected chi connectivity index (χ4v) is 4.27. The Hall–Kier alpha value is -3.95. The van der Waals surface area contributed by atoms with Gasteiger partial charge in [0.25, 0.3) is 0 Å². The number of aromatic amines is 1. The lowest BCUT2D eigenvalue weighted by Gasteiger charge is -2.36. The van der Waals surface area contributed by atoms with E-state index in [9.17, 15) is 5.11 Å². The zero-order chi connectivity index (χ0) is 22.2. The number of H-pyrrole nitrogens is 1. The Morgan fingerprint density at radius 3 is 2.97 bits per heavy atom. The predicted molar refractivity (Wildman–Crippen MR) is 127 cm³/mol. The zero-order valence-electron chi connectivity index (χ0n) is 17.8. The van der Waals surface area contributed by atoms with Gasteiger partial charge >= 0.3 is 0 Å². The first-order chi connectivity index (χ1) is 16.3. The van der Waals surface area contributed by atoms with Gasteiger partial charge in [0, 0.05) is 47.5 Å². The highest BCUT2D eigenvalue weighted by Gasteiger charge is 2.22. The number of ether oxygens (including phenoxy) is 1. The van der Waals surface area contributed by atoms with Crippen LogP contribution in [0.1, 0.15) is 0 Å². The van der Waals surface area contributed by atoms with Gasteiger partial charge in [-0.2, -0.15) is 5.10 Å². The molecule has 0 saturated carbocycles. The number of hydrogen-bond acceptors (Lipinski definition) is 7. The van der Waals surface area contributed by atoms with Gasteiger partial charge in [-0.1, -0.05) is 12.1 Å². The second kappa shape index (κ2) is 8.19. The molecule has 1 aliphatic rings. The number of aliphatic hydroxyl groups excluding tert-OH is 1. The van der Waals surface area contributed by atoms with Crippen molar-refractivity contribution in [2.45, 2.75) is 6.04 Å². The number of fused-ring (bicyclic) bond motifs is 2. The number of hydrogen-bond donors (Lipinski definition) is 3. The molecule has 0 radical (unpaired) electrons. The molecule has 33 heavy (non-hydrogen) atoms. The lowest BCUT2D eigenvalue weighted by atomic mass is 10.1. The molecule has 6 rings (SSSR count). The maximum Gasteiger partial charge on any atom is 0.180 e. The summed E-state index contributed by atoms with van der Waals surface area (Å²) in [4.78, 5) is 11.5. The molecule has 0 bridgehead atoms. The Morgan fingerprint density at radius 1 is 1.18 bits per heavy atom. The quantitative estimate of drug-likeness (QED) is 0.385. The minimum absolute atomic E-state index is 0.0207. The van der Waals surface area contributed by atoms with E-state index in [1.54, 1.807) is 6.20 Å². The predicted octanol–water partition coefficient (Wildman–Crippen LogP) is 3.21. The highest BCUT2D eigenvalue weighted by atomic mass is 16.5. The van der Waals surface area contributed by atoms with Crippen molar-refractivity contribution in [1.82, 2.24) is 24.6 Å². The lowest BCUT2D eigenvalue weighted by molar-refractivity contribution is 0.0727. The second-order valence-electron chi connectivity index (χ2n) is 8.08. The maximum atomic E-state index is 9.66. The summed E-state index contributed by atoms with van der Waals surface area (Å²) in [5, 5.41) is 21.3. The molecule has 1 fully saturated rings. The van der Waals surface area contributed by atoms with Gasteiger partial charge in [0.2, 0.25) is 0 Å². The molecule has 1 saturated heterocycles. The number of aliphatic hydroxyl groups is 1. The molecule has 3 N–H and O–H groups in total. The number of nitrogens with zero attached hydrogens (tertiary/aromatic N) is 5. The number of nitrogens with one attached hydrogen (secondary N) is 2. The van der Waals surface area contributed by atoms with E-state index >= 15 is 0 Å². The molecule has 0 spiro atoms. The van der Waals surface area contributed by atoms with Crippen molar-refractivity contribution in [2.75, 3.05) is 36.6 Å². The first-order valence-corrected chi connectivity index (χ1v) is 10.9. The highest BCUT2D eigenvalue weighted by molar-refractivity contribution is 5.84. The molecule has 2 aromatic carbocycles. The number of aromatic nitrogens is 5. The largest absolute Gasteiger partial charge is 0.394 e. The van der Waals surface area contributed by atoms with Crippen molar-refractivity contribution < 1.29 is 9.84 Å². The van der Waals surface area contributed by atoms with Crippen LogP contribution in [0.15, 0.2) is 67.3 Å². The summed E-state index contributed by atoms with van der Waals surface area (Å²) in [7, 11) is 0. The van der Waals surface area contributed by atoms with Gasteiger partial charge in [-0.05, 0) is 30.3 Å². The third-order valence-corrected chi connectivity index (χ3v) is 6.01. The molecule has 3 aromatic heterocycles. The minimum Gasteiger partial charge on any atom is -0.394 e. The fourth-order valence-electron chi connectivity index (χ4n) is 4.27. The topological polar surface area (TPSA) is 104 Å². The van der Waals surface area contributed by atoms with Crippen LogP contribution in [-0.2, 0) is 4.74 Å². The third-order valence-electron chi connectivity index (χ3n) is 6.01. The molecule has 9 nitrogen and oxygen atoms in total. The number of anilines is 3. The van der Waals surface area contributed by atoms with E-state index in [4.69, 9.17) is 9.72 Å². The van der Waals surface area contributed by atoms with Gasteiger partial charge in [-0.3, -0.25) is 5.10 Å². The van der Waals surface area contributed by atoms with Crippen molar-refractivity contribution in [3.05, 3.63) is 67.3 Å². The summed E-state index contributed by atoms with van der Waals surface area (Å²) >= 11 is 0. The van der Waals surface area contributed by atoms with E-state index in [1.807, 2.05) is 53.3 Å². The fraction of sp³-hybridized carbons (Fsp3) is 0.208. The molecular weight excluding hydrogens is 418 g/mol. The van der Waals surface area contributed by atoms with E-state index in [2.05, 4.69) is 37.5 Å². The summed E-state index contributed by atoms with van der Waals surface area (Å²) in [5.41, 5.74) is 5.50. The summed E-state index contributed by atoms with van der Waals surface area (Å²) in [6.07, 6.45) is 7.46. The second-order valence-corrected chi connectivity index (χ2v) is 8.08. The third kappa shape index (κ3) is 3.67. The monoisotopic (exact) mass is 441 g/mol. The van der Waals surface area contributed by atoms with Crippen LogP contribution in [0.4, 0.5) is 17.2 Å². The van der Waals surface area contributed by atoms with Crippen LogP contribution in [0.5, 0.6) is 0 Å². The Kier molecular flexibility index (Phi) is 4.89. The van der Waals surface area contributed by atoms with Crippen LogP contribution in [0.2, 0.25) is 0 Å². The summed E-state index contributed by atoms with van der Waals surface area (Å²) in [6.45, 7) is 2.03. The van der Waals surface area contributed by atoms with Gasteiger partial charge < -0.3 is 24.5 Å². The van der Waals surface area contributed by atoms with Crippen molar-refractivity contribution in [1.29, 1.82) is 0 Å². The summed E-state index contributed by atoms with van der Waals surface area (Å²) in [5.74, 6) is 0.676. The van der Waals surface area contributed by atoms with Crippen molar-refractivity contribution in [2.24, 2.45) is 0 Å². The number of benzene rings is 2. The normalized spacial score (nSPS) is 16.5. The molecule has 0 aliphatic carbocycles. The van der Waals surface area contributed by atoms with Gasteiger partial charge in [0.05, 0.1) is 43.3 Å². The van der Waals surface area contributed by atoms with E-state index in [0.29, 0.717) is 19.0 Å². The average molecular weight is 441 g/mol. The first kappa shape index (κ1) is 19.7. The Bertz CT molecular complexity index is 1410. The Morgan fingerprint density at radius 2 is 2.09 bits per heavy atom. The molecule has 9 heteroatoms. The molecular formula is C24H23N7O2. The van der Waals surface area contributed by atoms with Crippen LogP contribution in [0.25, 0.3) is 27.8 Å². The molecule has 1 atom stereocenters. The van der Waals surface area contributed by atoms with Gasteiger partial charge in [-0.25, -0.2) is 9.97 Å². The van der Waals surface area contributed by atoms with Gasteiger partial charge in [0.15, 0.2) is 11.5 Å². The molecule has 166 valence electrons. The van der Waals surface area contributed by atoms with E-state index in [1.165, 1.54) is 0 Å². The molecule has 5 aromatic rings. The number of rotatable bonds is 5. The Balaban J connectivity index is 1.32. The number of imidazole rings is 1.